The smallest absolute Gasteiger partial charge is 0.254 e. The lowest BCUT2D eigenvalue weighted by Gasteiger charge is -2.14. The van der Waals surface area contributed by atoms with Crippen LogP contribution in [0.25, 0.3) is 0 Å². The van der Waals surface area contributed by atoms with Crippen molar-refractivity contribution in [1.82, 2.24) is 5.32 Å². The molecule has 0 unspecified atom stereocenters. The third-order valence-electron chi connectivity index (χ3n) is 2.66. The van der Waals surface area contributed by atoms with E-state index in [-0.39, 0.29) is 17.0 Å². The number of hydrogen-bond acceptors (Lipinski definition) is 1. The zero-order valence-corrected chi connectivity index (χ0v) is 11.6. The first kappa shape index (κ1) is 12.0. The zero-order valence-electron chi connectivity index (χ0n) is 8.40. The Kier molecular flexibility index (Phi) is 3.35. The van der Waals surface area contributed by atoms with Gasteiger partial charge in [0, 0.05) is 9.80 Å². The number of nitrogens with one attached hydrogen (secondary N) is 1. The largest absolute Gasteiger partial charge is 0.346 e. The Balaban J connectivity index is 2.15. The van der Waals surface area contributed by atoms with Gasteiger partial charge in [0.2, 0.25) is 0 Å². The maximum Gasteiger partial charge on any atom is 0.254 e. The van der Waals surface area contributed by atoms with Crippen molar-refractivity contribution < 1.29 is 9.18 Å². The molecule has 0 atom stereocenters. The fourth-order valence-corrected chi connectivity index (χ4v) is 2.46. The molecule has 1 fully saturated rings. The van der Waals surface area contributed by atoms with Gasteiger partial charge in [-0.2, -0.15) is 0 Å². The van der Waals surface area contributed by atoms with E-state index in [2.05, 4.69) is 37.2 Å². The van der Waals surface area contributed by atoms with Crippen LogP contribution in [0.3, 0.4) is 0 Å². The lowest BCUT2D eigenvalue weighted by molar-refractivity contribution is 0.0932. The summed E-state index contributed by atoms with van der Waals surface area (Å²) in [6.45, 7) is 0. The van der Waals surface area contributed by atoms with Crippen molar-refractivity contribution in [1.29, 1.82) is 0 Å². The highest BCUT2D eigenvalue weighted by Gasteiger charge is 2.43. The number of carbonyl (C=O) groups excluding carboxylic acids is 1. The summed E-state index contributed by atoms with van der Waals surface area (Å²) in [5.74, 6) is -0.848. The van der Waals surface area contributed by atoms with E-state index in [4.69, 9.17) is 0 Å². The molecule has 1 aliphatic carbocycles. The quantitative estimate of drug-likeness (QED) is 0.833. The van der Waals surface area contributed by atoms with Crippen molar-refractivity contribution in [3.63, 3.8) is 0 Å². The Labute approximate surface area is 110 Å². The molecular weight excluding hydrogens is 341 g/mol. The van der Waals surface area contributed by atoms with Crippen molar-refractivity contribution in [2.24, 2.45) is 0 Å². The number of carbonyl (C=O) groups is 1. The van der Waals surface area contributed by atoms with E-state index in [1.165, 1.54) is 12.1 Å². The molecule has 5 heteroatoms. The molecule has 1 N–H and O–H groups in total. The van der Waals surface area contributed by atoms with Crippen LogP contribution in [-0.2, 0) is 0 Å². The van der Waals surface area contributed by atoms with Crippen LogP contribution in [0, 0.1) is 5.82 Å². The van der Waals surface area contributed by atoms with Gasteiger partial charge in [0.05, 0.1) is 11.1 Å². The third kappa shape index (κ3) is 2.46. The van der Waals surface area contributed by atoms with Crippen molar-refractivity contribution in [2.45, 2.75) is 18.4 Å². The number of alkyl halides is 1. The molecule has 2 nitrogen and oxygen atoms in total. The SMILES string of the molecule is O=C(NC1(CBr)CC1)c1ccc(Br)cc1F. The Morgan fingerprint density at radius 1 is 1.50 bits per heavy atom. The first-order valence-electron chi connectivity index (χ1n) is 4.90. The summed E-state index contributed by atoms with van der Waals surface area (Å²) >= 11 is 6.50. The standard InChI is InChI=1S/C11H10Br2FNO/c12-6-11(3-4-11)15-10(16)8-2-1-7(13)5-9(8)14/h1-2,5H,3-4,6H2,(H,15,16). The van der Waals surface area contributed by atoms with Gasteiger partial charge in [0.1, 0.15) is 5.82 Å². The fourth-order valence-electron chi connectivity index (χ4n) is 1.42. The van der Waals surface area contributed by atoms with Crippen LogP contribution >= 0.6 is 31.9 Å². The summed E-state index contributed by atoms with van der Waals surface area (Å²) < 4.78 is 14.1. The first-order valence-corrected chi connectivity index (χ1v) is 6.81. The summed E-state index contributed by atoms with van der Waals surface area (Å²) in [5, 5.41) is 3.56. The van der Waals surface area contributed by atoms with Crippen LogP contribution in [0.1, 0.15) is 23.2 Å². The molecule has 0 aromatic heterocycles. The van der Waals surface area contributed by atoms with Crippen LogP contribution in [0.2, 0.25) is 0 Å². The molecule has 0 aliphatic heterocycles. The molecule has 2 rings (SSSR count). The maximum atomic E-state index is 13.5. The minimum Gasteiger partial charge on any atom is -0.346 e. The van der Waals surface area contributed by atoms with Gasteiger partial charge in [0.25, 0.3) is 5.91 Å². The second kappa shape index (κ2) is 4.45. The minimum absolute atomic E-state index is 0.0930. The molecule has 1 aromatic carbocycles. The molecule has 1 aromatic rings. The van der Waals surface area contributed by atoms with E-state index in [9.17, 15) is 9.18 Å². The molecule has 0 radical (unpaired) electrons. The van der Waals surface area contributed by atoms with Crippen molar-refractivity contribution >= 4 is 37.8 Å². The van der Waals surface area contributed by atoms with Crippen molar-refractivity contribution in [3.8, 4) is 0 Å². The highest BCUT2D eigenvalue weighted by atomic mass is 79.9. The summed E-state index contributed by atoms with van der Waals surface area (Å²) in [5.41, 5.74) is -0.0632. The van der Waals surface area contributed by atoms with Crippen molar-refractivity contribution in [3.05, 3.63) is 34.1 Å². The lowest BCUT2D eigenvalue weighted by Crippen LogP contribution is -2.38. The summed E-state index contributed by atoms with van der Waals surface area (Å²) in [4.78, 5) is 11.8. The van der Waals surface area contributed by atoms with E-state index in [1.807, 2.05) is 0 Å². The number of halogens is 3. The molecule has 1 saturated carbocycles. The Morgan fingerprint density at radius 3 is 2.69 bits per heavy atom. The van der Waals surface area contributed by atoms with Gasteiger partial charge in [-0.05, 0) is 31.0 Å². The normalized spacial score (nSPS) is 16.9. The average Bonchev–Trinajstić information content (AvgIpc) is 2.98. The van der Waals surface area contributed by atoms with Gasteiger partial charge in [-0.3, -0.25) is 4.79 Å². The number of amides is 1. The molecule has 0 spiro atoms. The van der Waals surface area contributed by atoms with Gasteiger partial charge in [-0.15, -0.1) is 0 Å². The predicted octanol–water partition coefficient (Wildman–Crippen LogP) is 3.25. The van der Waals surface area contributed by atoms with E-state index in [0.29, 0.717) is 9.80 Å². The van der Waals surface area contributed by atoms with Crippen LogP contribution in [-0.4, -0.2) is 16.8 Å². The lowest BCUT2D eigenvalue weighted by atomic mass is 10.2. The topological polar surface area (TPSA) is 29.1 Å². The second-order valence-corrected chi connectivity index (χ2v) is 5.47. The first-order chi connectivity index (χ1) is 7.56. The van der Waals surface area contributed by atoms with Gasteiger partial charge >= 0.3 is 0 Å². The molecule has 1 amide bonds. The predicted molar refractivity (Wildman–Crippen MR) is 67.3 cm³/mol. The zero-order chi connectivity index (χ0) is 11.8. The molecule has 0 bridgehead atoms. The number of benzene rings is 1. The highest BCUT2D eigenvalue weighted by Crippen LogP contribution is 2.37. The van der Waals surface area contributed by atoms with Crippen LogP contribution < -0.4 is 5.32 Å². The molecule has 1 aliphatic rings. The van der Waals surface area contributed by atoms with Gasteiger partial charge in [-0.1, -0.05) is 31.9 Å². The Bertz CT molecular complexity index is 432. The fraction of sp³-hybridized carbons (Fsp3) is 0.364. The van der Waals surface area contributed by atoms with E-state index in [0.717, 1.165) is 12.8 Å². The summed E-state index contributed by atoms with van der Waals surface area (Å²) in [6.07, 6.45) is 1.89. The van der Waals surface area contributed by atoms with Gasteiger partial charge in [-0.25, -0.2) is 4.39 Å². The molecule has 0 heterocycles. The second-order valence-electron chi connectivity index (χ2n) is 3.99. The Morgan fingerprint density at radius 2 is 2.19 bits per heavy atom. The average molecular weight is 351 g/mol. The maximum absolute atomic E-state index is 13.5. The molecule has 86 valence electrons. The van der Waals surface area contributed by atoms with E-state index >= 15 is 0 Å². The minimum atomic E-state index is -0.503. The van der Waals surface area contributed by atoms with Crippen molar-refractivity contribution in [2.75, 3.05) is 5.33 Å². The van der Waals surface area contributed by atoms with Crippen LogP contribution in [0.15, 0.2) is 22.7 Å². The number of rotatable bonds is 3. The van der Waals surface area contributed by atoms with E-state index < -0.39 is 5.82 Å². The molecular formula is C11H10Br2FNO. The van der Waals surface area contributed by atoms with Gasteiger partial charge in [0.15, 0.2) is 0 Å². The number of hydrogen-bond donors (Lipinski definition) is 1. The third-order valence-corrected chi connectivity index (χ3v) is 4.23. The molecule has 16 heavy (non-hydrogen) atoms. The molecule has 0 saturated heterocycles. The highest BCUT2D eigenvalue weighted by molar-refractivity contribution is 9.10. The monoisotopic (exact) mass is 349 g/mol. The van der Waals surface area contributed by atoms with Gasteiger partial charge < -0.3 is 5.32 Å². The van der Waals surface area contributed by atoms with Crippen LogP contribution in [0.4, 0.5) is 4.39 Å². The Hall–Kier alpha value is -0.420. The summed E-state index contributed by atoms with van der Waals surface area (Å²) in [6, 6.07) is 4.44. The van der Waals surface area contributed by atoms with Crippen LogP contribution in [0.5, 0.6) is 0 Å². The summed E-state index contributed by atoms with van der Waals surface area (Å²) in [7, 11) is 0. The van der Waals surface area contributed by atoms with E-state index in [1.54, 1.807) is 6.07 Å².